The molecule has 7 rings (SSSR count). The molecular formula is C37H34ClF3N4O5S2. The van der Waals surface area contributed by atoms with Crippen molar-refractivity contribution in [1.29, 1.82) is 0 Å². The molecule has 0 bridgehead atoms. The Bertz CT molecular complexity index is 2480. The molecule has 1 fully saturated rings. The second kappa shape index (κ2) is 14.1. The first-order valence-electron chi connectivity index (χ1n) is 16.2. The number of anilines is 1. The van der Waals surface area contributed by atoms with Gasteiger partial charge in [0.25, 0.3) is 5.56 Å². The molecule has 0 amide bonds. The van der Waals surface area contributed by atoms with Crippen LogP contribution in [0.2, 0.25) is 5.02 Å². The zero-order valence-corrected chi connectivity index (χ0v) is 30.9. The fourth-order valence-electron chi connectivity index (χ4n) is 6.00. The van der Waals surface area contributed by atoms with Gasteiger partial charge in [-0.3, -0.25) is 9.35 Å². The van der Waals surface area contributed by atoms with Gasteiger partial charge in [-0.25, -0.2) is 4.98 Å². The second-order valence-electron chi connectivity index (χ2n) is 12.9. The number of aromatic nitrogens is 3. The first-order valence-corrected chi connectivity index (χ1v) is 18.8. The van der Waals surface area contributed by atoms with E-state index >= 15 is 0 Å². The molecule has 0 spiro atoms. The molecule has 1 aliphatic carbocycles. The van der Waals surface area contributed by atoms with Crippen molar-refractivity contribution in [3.05, 3.63) is 115 Å². The lowest BCUT2D eigenvalue weighted by Crippen LogP contribution is -2.23. The predicted octanol–water partition coefficient (Wildman–Crippen LogP) is 9.20. The first kappa shape index (κ1) is 37.3. The van der Waals surface area contributed by atoms with E-state index in [0.717, 1.165) is 41.1 Å². The first-order chi connectivity index (χ1) is 24.4. The van der Waals surface area contributed by atoms with Crippen molar-refractivity contribution in [1.82, 2.24) is 14.7 Å². The predicted molar refractivity (Wildman–Crippen MR) is 196 cm³/mol. The molecule has 0 atom stereocenters. The van der Waals surface area contributed by atoms with E-state index in [9.17, 15) is 30.9 Å². The number of nitrogens with two attached hydrogens (primary N) is 1. The molecule has 0 unspecified atom stereocenters. The van der Waals surface area contributed by atoms with Crippen molar-refractivity contribution in [2.45, 2.75) is 63.9 Å². The average Bonchev–Trinajstić information content (AvgIpc) is 3.72. The lowest BCUT2D eigenvalue weighted by Gasteiger charge is -2.20. The van der Waals surface area contributed by atoms with Crippen LogP contribution in [-0.2, 0) is 29.3 Å². The second-order valence-corrected chi connectivity index (χ2v) is 16.2. The Morgan fingerprint density at radius 2 is 1.71 bits per heavy atom. The summed E-state index contributed by atoms with van der Waals surface area (Å²) in [7, 11) is -4.50. The number of benzene rings is 2. The summed E-state index contributed by atoms with van der Waals surface area (Å²) in [6.45, 7) is 7.09. The highest BCUT2D eigenvalue weighted by atomic mass is 35.5. The number of hydrogen-bond acceptors (Lipinski definition) is 8. The lowest BCUT2D eigenvalue weighted by atomic mass is 9.95. The molecule has 272 valence electrons. The van der Waals surface area contributed by atoms with Crippen LogP contribution in [0.25, 0.3) is 33.2 Å². The Kier molecular flexibility index (Phi) is 10.1. The van der Waals surface area contributed by atoms with Crippen molar-refractivity contribution >= 4 is 49.8 Å². The Balaban J connectivity index is 0.000000514. The molecule has 3 N–H and O–H groups in total. The number of alkyl halides is 3. The van der Waals surface area contributed by atoms with Gasteiger partial charge in [-0.15, -0.1) is 11.3 Å². The summed E-state index contributed by atoms with van der Waals surface area (Å²) in [5.74, 6) is 1.55. The van der Waals surface area contributed by atoms with Gasteiger partial charge in [-0.2, -0.15) is 21.6 Å². The lowest BCUT2D eigenvalue weighted by molar-refractivity contribution is -0.139. The van der Waals surface area contributed by atoms with Crippen molar-refractivity contribution in [2.75, 3.05) is 5.73 Å². The van der Waals surface area contributed by atoms with Crippen LogP contribution in [0.4, 0.5) is 19.0 Å². The Hall–Kier alpha value is -4.50. The molecule has 4 aromatic heterocycles. The molecule has 6 aromatic rings. The molecule has 0 aliphatic heterocycles. The van der Waals surface area contributed by atoms with Crippen molar-refractivity contribution < 1.29 is 30.7 Å². The van der Waals surface area contributed by atoms with Crippen LogP contribution in [0.3, 0.4) is 0 Å². The van der Waals surface area contributed by atoms with Gasteiger partial charge in [0.1, 0.15) is 5.76 Å². The minimum Gasteiger partial charge on any atom is -0.381 e. The summed E-state index contributed by atoms with van der Waals surface area (Å²) in [5, 5.41) is 3.52. The van der Waals surface area contributed by atoms with Crippen LogP contribution in [0.5, 0.6) is 0 Å². The molecule has 0 saturated heterocycles. The number of rotatable bonds is 7. The Labute approximate surface area is 306 Å². The quantitative estimate of drug-likeness (QED) is 0.153. The maximum atomic E-state index is 14.7. The number of nitrogens with zero attached hydrogens (tertiary/aromatic N) is 3. The standard InChI is InChI=1S/C32H26ClF3N2O4S2.C5H8N2O/c1-17-5-3-4-6-22(17)24-15-28(39)38(27-14-21(12-19-7-8-19)37-30(29(24)27)32(34,35)36)16-20-9-10-23(26(33)13-20)25-11-18(2)43-31(25)44(40,41)42;1-3-4(2)8-7-5(3)6/h3-6,9-11,13-15,19H,7-8,12,16H2,1-2H3,(H,40,41,42);1-2H3,(H2,6,7). The van der Waals surface area contributed by atoms with Crippen LogP contribution in [-0.4, -0.2) is 27.7 Å². The third-order valence-corrected chi connectivity index (χ3v) is 11.7. The molecule has 4 heterocycles. The zero-order chi connectivity index (χ0) is 37.7. The SMILES string of the molecule is Cc1cc(-c2ccc(Cn3c(=O)cc(-c4ccccc4C)c4c(C(F)(F)F)nc(CC5CC5)cc43)cc2Cl)c(S(=O)(=O)O)s1.Cc1onc(N)c1C. The van der Waals surface area contributed by atoms with E-state index in [4.69, 9.17) is 21.9 Å². The number of pyridine rings is 2. The van der Waals surface area contributed by atoms with Gasteiger partial charge in [0.15, 0.2) is 15.7 Å². The number of halogens is 4. The van der Waals surface area contributed by atoms with Gasteiger partial charge < -0.3 is 14.8 Å². The van der Waals surface area contributed by atoms with Gasteiger partial charge in [0, 0.05) is 43.7 Å². The third kappa shape index (κ3) is 7.80. The summed E-state index contributed by atoms with van der Waals surface area (Å²) in [6.07, 6.45) is -2.54. The number of fused-ring (bicyclic) bond motifs is 1. The largest absolute Gasteiger partial charge is 0.434 e. The fraction of sp³-hybridized carbons (Fsp3) is 0.270. The van der Waals surface area contributed by atoms with E-state index in [2.05, 4.69) is 10.1 Å². The van der Waals surface area contributed by atoms with E-state index in [1.54, 1.807) is 68.4 Å². The topological polar surface area (TPSA) is 141 Å². The van der Waals surface area contributed by atoms with Crippen LogP contribution in [0, 0.1) is 33.6 Å². The summed E-state index contributed by atoms with van der Waals surface area (Å²) in [4.78, 5) is 18.5. The maximum absolute atomic E-state index is 14.7. The van der Waals surface area contributed by atoms with Crippen molar-refractivity contribution in [3.63, 3.8) is 0 Å². The van der Waals surface area contributed by atoms with E-state index < -0.39 is 27.5 Å². The van der Waals surface area contributed by atoms with E-state index in [-0.39, 0.29) is 49.4 Å². The molecule has 52 heavy (non-hydrogen) atoms. The average molecular weight is 771 g/mol. The normalized spacial score (nSPS) is 13.3. The number of thiophene rings is 1. The van der Waals surface area contributed by atoms with Gasteiger partial charge in [0.05, 0.1) is 12.1 Å². The Morgan fingerprint density at radius 3 is 2.27 bits per heavy atom. The van der Waals surface area contributed by atoms with Crippen molar-refractivity contribution in [2.24, 2.45) is 5.92 Å². The summed E-state index contributed by atoms with van der Waals surface area (Å²) in [5.41, 5.74) is 7.65. The van der Waals surface area contributed by atoms with Gasteiger partial charge in [-0.05, 0) is 93.3 Å². The Morgan fingerprint density at radius 1 is 1.00 bits per heavy atom. The van der Waals surface area contributed by atoms with E-state index in [1.165, 1.54) is 10.6 Å². The zero-order valence-electron chi connectivity index (χ0n) is 28.5. The van der Waals surface area contributed by atoms with Crippen LogP contribution in [0.1, 0.15) is 51.6 Å². The smallest absolute Gasteiger partial charge is 0.381 e. The van der Waals surface area contributed by atoms with Gasteiger partial charge >= 0.3 is 16.3 Å². The fourth-order valence-corrected chi connectivity index (χ4v) is 8.31. The molecule has 1 aliphatic rings. The number of nitrogen functional groups attached to an aromatic ring is 1. The molecule has 0 radical (unpaired) electrons. The van der Waals surface area contributed by atoms with Gasteiger partial charge in [-0.1, -0.05) is 53.2 Å². The molecule has 2 aromatic carbocycles. The minimum absolute atomic E-state index is 0.0958. The molecular weight excluding hydrogens is 737 g/mol. The van der Waals surface area contributed by atoms with Gasteiger partial charge in [0.2, 0.25) is 0 Å². The van der Waals surface area contributed by atoms with Crippen molar-refractivity contribution in [3.8, 4) is 22.3 Å². The highest BCUT2D eigenvalue weighted by molar-refractivity contribution is 7.88. The van der Waals surface area contributed by atoms with Crippen LogP contribution in [0.15, 0.2) is 74.2 Å². The minimum atomic E-state index is -4.77. The third-order valence-electron chi connectivity index (χ3n) is 8.96. The summed E-state index contributed by atoms with van der Waals surface area (Å²) >= 11 is 7.51. The number of hydrogen-bond donors (Lipinski definition) is 2. The monoisotopic (exact) mass is 770 g/mol. The van der Waals surface area contributed by atoms with E-state index in [1.807, 2.05) is 13.8 Å². The molecule has 9 nitrogen and oxygen atoms in total. The number of aryl methyl sites for hydroxylation is 3. The van der Waals surface area contributed by atoms with Crippen LogP contribution >= 0.6 is 22.9 Å². The maximum Gasteiger partial charge on any atom is 0.434 e. The summed E-state index contributed by atoms with van der Waals surface area (Å²) in [6, 6.07) is 16.1. The molecule has 15 heteroatoms. The molecule has 1 saturated carbocycles. The summed E-state index contributed by atoms with van der Waals surface area (Å²) < 4.78 is 83.4. The van der Waals surface area contributed by atoms with E-state index in [0.29, 0.717) is 33.8 Å². The highest BCUT2D eigenvalue weighted by Gasteiger charge is 2.37. The highest BCUT2D eigenvalue weighted by Crippen LogP contribution is 2.42. The van der Waals surface area contributed by atoms with Crippen LogP contribution < -0.4 is 11.3 Å².